The molecule has 1 aliphatic heterocycles. The van der Waals surface area contributed by atoms with Crippen LogP contribution in [0.1, 0.15) is 30.4 Å². The molecule has 1 N–H and O–H groups in total. The molecule has 0 aromatic heterocycles. The van der Waals surface area contributed by atoms with Gasteiger partial charge in [-0.25, -0.2) is 12.8 Å². The van der Waals surface area contributed by atoms with E-state index in [9.17, 15) is 12.8 Å². The number of rotatable bonds is 4. The number of piperidine rings is 1. The van der Waals surface area contributed by atoms with E-state index in [4.69, 9.17) is 0 Å². The van der Waals surface area contributed by atoms with Crippen LogP contribution in [0.4, 0.5) is 4.39 Å². The van der Waals surface area contributed by atoms with Crippen LogP contribution >= 0.6 is 0 Å². The standard InChI is InChI=1S/C15H21FN2O2S/c1-10-14(16)6-12(8-17-2)7-15(10)21(19,20)18-9-11-3-4-13(18)5-11/h6-7,11,13,17H,3-5,8-9H2,1-2H3. The van der Waals surface area contributed by atoms with Crippen LogP contribution in [0.2, 0.25) is 0 Å². The van der Waals surface area contributed by atoms with Gasteiger partial charge in [0.1, 0.15) is 5.82 Å². The molecule has 0 amide bonds. The Morgan fingerprint density at radius 1 is 1.38 bits per heavy atom. The maximum Gasteiger partial charge on any atom is 0.243 e. The second-order valence-electron chi connectivity index (χ2n) is 6.14. The Kier molecular flexibility index (Phi) is 3.80. The largest absolute Gasteiger partial charge is 0.316 e. The predicted octanol–water partition coefficient (Wildman–Crippen LogP) is 2.03. The van der Waals surface area contributed by atoms with Gasteiger partial charge in [0.25, 0.3) is 0 Å². The van der Waals surface area contributed by atoms with Gasteiger partial charge in [0.05, 0.1) is 4.90 Å². The maximum absolute atomic E-state index is 14.1. The zero-order chi connectivity index (χ0) is 15.2. The van der Waals surface area contributed by atoms with Crippen LogP contribution in [-0.4, -0.2) is 32.4 Å². The number of benzene rings is 1. The smallest absolute Gasteiger partial charge is 0.243 e. The molecule has 116 valence electrons. The molecular formula is C15H21FN2O2S. The molecule has 21 heavy (non-hydrogen) atoms. The van der Waals surface area contributed by atoms with E-state index in [0.29, 0.717) is 24.6 Å². The van der Waals surface area contributed by atoms with Crippen molar-refractivity contribution < 1.29 is 12.8 Å². The lowest BCUT2D eigenvalue weighted by Crippen LogP contribution is -2.38. The molecule has 1 saturated heterocycles. The number of hydrogen-bond donors (Lipinski definition) is 1. The molecule has 0 spiro atoms. The molecule has 1 aromatic rings. The van der Waals surface area contributed by atoms with E-state index in [0.717, 1.165) is 19.3 Å². The average Bonchev–Trinajstić information content (AvgIpc) is 3.05. The molecule has 4 nitrogen and oxygen atoms in total. The van der Waals surface area contributed by atoms with Gasteiger partial charge in [-0.3, -0.25) is 0 Å². The Bertz CT molecular complexity index is 660. The molecule has 2 bridgehead atoms. The summed E-state index contributed by atoms with van der Waals surface area (Å²) < 4.78 is 41.4. The molecule has 1 saturated carbocycles. The molecular weight excluding hydrogens is 291 g/mol. The molecule has 6 heteroatoms. The fraction of sp³-hybridized carbons (Fsp3) is 0.600. The Morgan fingerprint density at radius 3 is 2.71 bits per heavy atom. The predicted molar refractivity (Wildman–Crippen MR) is 78.9 cm³/mol. The van der Waals surface area contributed by atoms with Crippen LogP contribution < -0.4 is 5.32 Å². The minimum absolute atomic E-state index is 0.107. The minimum Gasteiger partial charge on any atom is -0.316 e. The molecule has 2 unspecified atom stereocenters. The summed E-state index contributed by atoms with van der Waals surface area (Å²) in [5.41, 5.74) is 0.876. The normalized spacial score (nSPS) is 25.7. The lowest BCUT2D eigenvalue weighted by molar-refractivity contribution is 0.333. The molecule has 2 aliphatic rings. The average molecular weight is 312 g/mol. The summed E-state index contributed by atoms with van der Waals surface area (Å²) >= 11 is 0. The van der Waals surface area contributed by atoms with E-state index < -0.39 is 15.8 Å². The Labute approximate surface area is 125 Å². The first-order chi connectivity index (χ1) is 9.93. The van der Waals surface area contributed by atoms with Crippen molar-refractivity contribution in [3.63, 3.8) is 0 Å². The minimum atomic E-state index is -3.60. The third kappa shape index (κ3) is 2.49. The molecule has 0 radical (unpaired) electrons. The summed E-state index contributed by atoms with van der Waals surface area (Å²) in [6.07, 6.45) is 3.00. The first-order valence-corrected chi connectivity index (χ1v) is 8.83. The van der Waals surface area contributed by atoms with Crippen molar-refractivity contribution in [2.45, 2.75) is 43.7 Å². The SMILES string of the molecule is CNCc1cc(F)c(C)c(S(=O)(=O)N2CC3CCC2C3)c1. The van der Waals surface area contributed by atoms with E-state index in [2.05, 4.69) is 5.32 Å². The van der Waals surface area contributed by atoms with E-state index in [1.165, 1.54) is 6.07 Å². The zero-order valence-electron chi connectivity index (χ0n) is 12.4. The third-order valence-corrected chi connectivity index (χ3v) is 6.73. The highest BCUT2D eigenvalue weighted by atomic mass is 32.2. The lowest BCUT2D eigenvalue weighted by atomic mass is 10.1. The van der Waals surface area contributed by atoms with Crippen molar-refractivity contribution in [3.8, 4) is 0 Å². The van der Waals surface area contributed by atoms with Crippen LogP contribution in [-0.2, 0) is 16.6 Å². The van der Waals surface area contributed by atoms with E-state index >= 15 is 0 Å². The van der Waals surface area contributed by atoms with Gasteiger partial charge in [-0.15, -0.1) is 0 Å². The number of halogens is 1. The van der Waals surface area contributed by atoms with Gasteiger partial charge in [0.2, 0.25) is 10.0 Å². The van der Waals surface area contributed by atoms with Crippen LogP contribution in [0.5, 0.6) is 0 Å². The molecule has 1 aliphatic carbocycles. The van der Waals surface area contributed by atoms with E-state index in [-0.39, 0.29) is 16.5 Å². The maximum atomic E-state index is 14.1. The second kappa shape index (κ2) is 5.34. The molecule has 1 heterocycles. The van der Waals surface area contributed by atoms with Crippen LogP contribution in [0, 0.1) is 18.7 Å². The van der Waals surface area contributed by atoms with Crippen molar-refractivity contribution in [1.29, 1.82) is 0 Å². The number of nitrogens with one attached hydrogen (secondary N) is 1. The van der Waals surface area contributed by atoms with Gasteiger partial charge in [-0.05, 0) is 56.8 Å². The van der Waals surface area contributed by atoms with Gasteiger partial charge in [-0.2, -0.15) is 4.31 Å². The number of nitrogens with zero attached hydrogens (tertiary/aromatic N) is 1. The fourth-order valence-electron chi connectivity index (χ4n) is 3.58. The molecule has 1 aromatic carbocycles. The van der Waals surface area contributed by atoms with Crippen LogP contribution in [0.15, 0.2) is 17.0 Å². The zero-order valence-corrected chi connectivity index (χ0v) is 13.2. The highest BCUT2D eigenvalue weighted by molar-refractivity contribution is 7.89. The molecule has 2 fully saturated rings. The van der Waals surface area contributed by atoms with E-state index in [1.807, 2.05) is 0 Å². The van der Waals surface area contributed by atoms with Crippen molar-refractivity contribution in [3.05, 3.63) is 29.1 Å². The number of fused-ring (bicyclic) bond motifs is 2. The van der Waals surface area contributed by atoms with E-state index in [1.54, 1.807) is 24.3 Å². The summed E-state index contributed by atoms with van der Waals surface area (Å²) in [4.78, 5) is 0.125. The summed E-state index contributed by atoms with van der Waals surface area (Å²) in [6.45, 7) is 2.58. The summed E-state index contributed by atoms with van der Waals surface area (Å²) in [5, 5.41) is 2.93. The quantitative estimate of drug-likeness (QED) is 0.925. The fourth-order valence-corrected chi connectivity index (χ4v) is 5.61. The highest BCUT2D eigenvalue weighted by Gasteiger charge is 2.44. The monoisotopic (exact) mass is 312 g/mol. The van der Waals surface area contributed by atoms with Gasteiger partial charge < -0.3 is 5.32 Å². The van der Waals surface area contributed by atoms with Crippen LogP contribution in [0.3, 0.4) is 0 Å². The first-order valence-electron chi connectivity index (χ1n) is 7.39. The van der Waals surface area contributed by atoms with Crippen molar-refractivity contribution >= 4 is 10.0 Å². The Hall–Kier alpha value is -0.980. The highest BCUT2D eigenvalue weighted by Crippen LogP contribution is 2.41. The Morgan fingerprint density at radius 2 is 2.14 bits per heavy atom. The van der Waals surface area contributed by atoms with Crippen molar-refractivity contribution in [2.75, 3.05) is 13.6 Å². The van der Waals surface area contributed by atoms with Gasteiger partial charge in [0, 0.05) is 24.7 Å². The van der Waals surface area contributed by atoms with Crippen LogP contribution in [0.25, 0.3) is 0 Å². The Balaban J connectivity index is 2.02. The van der Waals surface area contributed by atoms with Gasteiger partial charge in [0.15, 0.2) is 0 Å². The summed E-state index contributed by atoms with van der Waals surface area (Å²) in [7, 11) is -1.84. The molecule has 2 atom stereocenters. The molecule has 3 rings (SSSR count). The first kappa shape index (κ1) is 14.9. The third-order valence-electron chi connectivity index (χ3n) is 4.68. The topological polar surface area (TPSA) is 49.4 Å². The lowest BCUT2D eigenvalue weighted by Gasteiger charge is -2.27. The van der Waals surface area contributed by atoms with Crippen molar-refractivity contribution in [2.24, 2.45) is 5.92 Å². The second-order valence-corrected chi connectivity index (χ2v) is 8.00. The van der Waals surface area contributed by atoms with Crippen molar-refractivity contribution in [1.82, 2.24) is 9.62 Å². The van der Waals surface area contributed by atoms with Gasteiger partial charge in [-0.1, -0.05) is 0 Å². The summed E-state index contributed by atoms with van der Waals surface area (Å²) in [6, 6.07) is 3.12. The number of hydrogen-bond acceptors (Lipinski definition) is 3. The number of sulfonamides is 1. The summed E-state index contributed by atoms with van der Waals surface area (Å²) in [5.74, 6) is 0.0288. The van der Waals surface area contributed by atoms with Gasteiger partial charge >= 0.3 is 0 Å².